The maximum atomic E-state index is 13.4. The van der Waals surface area contributed by atoms with Gasteiger partial charge >= 0.3 is 0 Å². The molecule has 4 nitrogen and oxygen atoms in total. The Bertz CT molecular complexity index is 917. The predicted molar refractivity (Wildman–Crippen MR) is 139 cm³/mol. The Balaban J connectivity index is 1.70. The molecule has 0 bridgehead atoms. The lowest BCUT2D eigenvalue weighted by molar-refractivity contribution is -0.139. The molecule has 1 fully saturated rings. The summed E-state index contributed by atoms with van der Waals surface area (Å²) in [7, 11) is 0. The normalized spacial score (nSPS) is 15.1. The monoisotopic (exact) mass is 506 g/mol. The molecular weight excluding hydrogens is 475 g/mol. The Morgan fingerprint density at radius 1 is 1.06 bits per heavy atom. The second-order valence-corrected chi connectivity index (χ2v) is 10.3. The third-order valence-corrected chi connectivity index (χ3v) is 7.65. The van der Waals surface area contributed by atoms with E-state index in [4.69, 9.17) is 23.2 Å². The van der Waals surface area contributed by atoms with Crippen LogP contribution in [0.15, 0.2) is 48.5 Å². The highest BCUT2D eigenvalue weighted by molar-refractivity contribution is 7.99. The van der Waals surface area contributed by atoms with Gasteiger partial charge in [-0.05, 0) is 48.6 Å². The van der Waals surface area contributed by atoms with E-state index in [9.17, 15) is 9.59 Å². The van der Waals surface area contributed by atoms with Crippen molar-refractivity contribution in [3.05, 3.63) is 69.7 Å². The van der Waals surface area contributed by atoms with Crippen LogP contribution in [0.3, 0.4) is 0 Å². The smallest absolute Gasteiger partial charge is 0.243 e. The summed E-state index contributed by atoms with van der Waals surface area (Å²) >= 11 is 13.9. The van der Waals surface area contributed by atoms with Gasteiger partial charge in [-0.3, -0.25) is 9.59 Å². The van der Waals surface area contributed by atoms with Gasteiger partial charge in [-0.2, -0.15) is 0 Å². The number of benzene rings is 2. The zero-order chi connectivity index (χ0) is 23.6. The van der Waals surface area contributed by atoms with Crippen molar-refractivity contribution >= 4 is 46.8 Å². The molecule has 0 unspecified atom stereocenters. The van der Waals surface area contributed by atoms with Gasteiger partial charge in [0.15, 0.2) is 0 Å². The molecule has 1 aliphatic rings. The van der Waals surface area contributed by atoms with Crippen LogP contribution in [-0.2, 0) is 21.9 Å². The molecule has 0 radical (unpaired) electrons. The van der Waals surface area contributed by atoms with E-state index in [0.29, 0.717) is 34.5 Å². The second-order valence-electron chi connectivity index (χ2n) is 8.50. The summed E-state index contributed by atoms with van der Waals surface area (Å²) < 4.78 is 0. The van der Waals surface area contributed by atoms with Crippen molar-refractivity contribution in [1.82, 2.24) is 10.2 Å². The van der Waals surface area contributed by atoms with E-state index in [-0.39, 0.29) is 17.9 Å². The van der Waals surface area contributed by atoms with Crippen LogP contribution in [0.1, 0.15) is 56.6 Å². The summed E-state index contributed by atoms with van der Waals surface area (Å²) in [6.45, 7) is 2.27. The molecule has 0 aliphatic heterocycles. The molecule has 0 aromatic heterocycles. The fourth-order valence-corrected chi connectivity index (χ4v) is 5.39. The SMILES string of the molecule is CC[C@@H](C(=O)NC1CCCCC1)N(Cc1ccccc1Cl)C(=O)CSCc1ccc(Cl)cc1. The number of carbonyl (C=O) groups excluding carboxylic acids is 2. The van der Waals surface area contributed by atoms with Crippen LogP contribution < -0.4 is 5.32 Å². The van der Waals surface area contributed by atoms with Crippen LogP contribution in [0.4, 0.5) is 0 Å². The minimum absolute atomic E-state index is 0.0560. The Hall–Kier alpha value is -1.69. The van der Waals surface area contributed by atoms with Crippen LogP contribution in [0.2, 0.25) is 10.0 Å². The topological polar surface area (TPSA) is 49.4 Å². The third-order valence-electron chi connectivity index (χ3n) is 6.04. The molecule has 2 aromatic carbocycles. The van der Waals surface area contributed by atoms with Gasteiger partial charge in [0.05, 0.1) is 5.75 Å². The zero-order valence-electron chi connectivity index (χ0n) is 19.1. The Labute approximate surface area is 211 Å². The number of hydrogen-bond acceptors (Lipinski definition) is 3. The number of halogens is 2. The Morgan fingerprint density at radius 2 is 1.76 bits per heavy atom. The lowest BCUT2D eigenvalue weighted by Gasteiger charge is -2.33. The number of hydrogen-bond donors (Lipinski definition) is 1. The van der Waals surface area contributed by atoms with E-state index < -0.39 is 6.04 Å². The largest absolute Gasteiger partial charge is 0.352 e. The third kappa shape index (κ3) is 7.94. The predicted octanol–water partition coefficient (Wildman–Crippen LogP) is 6.48. The van der Waals surface area contributed by atoms with Crippen LogP contribution in [0, 0.1) is 0 Å². The average Bonchev–Trinajstić information content (AvgIpc) is 2.82. The van der Waals surface area contributed by atoms with Gasteiger partial charge in [0.25, 0.3) is 0 Å². The minimum Gasteiger partial charge on any atom is -0.352 e. The van der Waals surface area contributed by atoms with Gasteiger partial charge < -0.3 is 10.2 Å². The number of amides is 2. The number of carbonyl (C=O) groups is 2. The summed E-state index contributed by atoms with van der Waals surface area (Å²) in [5.74, 6) is 0.876. The molecule has 0 spiro atoms. The molecule has 7 heteroatoms. The van der Waals surface area contributed by atoms with Crippen LogP contribution >= 0.6 is 35.0 Å². The molecule has 1 atom stereocenters. The summed E-state index contributed by atoms with van der Waals surface area (Å²) in [4.78, 5) is 28.3. The molecular formula is C26H32Cl2N2O2S. The van der Waals surface area contributed by atoms with Crippen molar-refractivity contribution < 1.29 is 9.59 Å². The molecule has 1 aliphatic carbocycles. The molecule has 2 amide bonds. The highest BCUT2D eigenvalue weighted by atomic mass is 35.5. The van der Waals surface area contributed by atoms with Crippen molar-refractivity contribution in [2.45, 2.75) is 69.8 Å². The number of nitrogens with zero attached hydrogens (tertiary/aromatic N) is 1. The summed E-state index contributed by atoms with van der Waals surface area (Å²) in [6.07, 6.45) is 6.09. The first kappa shape index (κ1) is 25.9. The first-order valence-electron chi connectivity index (χ1n) is 11.6. The molecule has 3 rings (SSSR count). The molecule has 178 valence electrons. The maximum Gasteiger partial charge on any atom is 0.243 e. The fraction of sp³-hybridized carbons (Fsp3) is 0.462. The molecule has 0 saturated heterocycles. The lowest BCUT2D eigenvalue weighted by Crippen LogP contribution is -2.52. The highest BCUT2D eigenvalue weighted by Crippen LogP contribution is 2.23. The molecule has 2 aromatic rings. The van der Waals surface area contributed by atoms with E-state index in [0.717, 1.165) is 36.8 Å². The van der Waals surface area contributed by atoms with Crippen LogP contribution in [0.5, 0.6) is 0 Å². The number of thioether (sulfide) groups is 1. The molecule has 1 N–H and O–H groups in total. The molecule has 0 heterocycles. The van der Waals surface area contributed by atoms with Gasteiger partial charge in [-0.1, -0.05) is 79.7 Å². The molecule has 33 heavy (non-hydrogen) atoms. The maximum absolute atomic E-state index is 13.4. The standard InChI is InChI=1S/C26H32Cl2N2O2S/c1-2-24(26(32)29-22-9-4-3-5-10-22)30(16-20-8-6-7-11-23(20)28)25(31)18-33-17-19-12-14-21(27)15-13-19/h6-8,11-15,22,24H,2-5,9-10,16-18H2,1H3,(H,29,32)/t24-/m0/s1. The van der Waals surface area contributed by atoms with E-state index in [1.165, 1.54) is 18.2 Å². The average molecular weight is 508 g/mol. The summed E-state index contributed by atoms with van der Waals surface area (Å²) in [5, 5.41) is 4.51. The van der Waals surface area contributed by atoms with Crippen molar-refractivity contribution in [3.63, 3.8) is 0 Å². The molecule has 1 saturated carbocycles. The van der Waals surface area contributed by atoms with Gasteiger partial charge in [0.1, 0.15) is 6.04 Å². The van der Waals surface area contributed by atoms with Crippen molar-refractivity contribution in [1.29, 1.82) is 0 Å². The van der Waals surface area contributed by atoms with Gasteiger partial charge in [0.2, 0.25) is 11.8 Å². The minimum atomic E-state index is -0.521. The van der Waals surface area contributed by atoms with Crippen molar-refractivity contribution in [2.24, 2.45) is 0 Å². The Kier molecular flexibility index (Phi) is 10.4. The first-order valence-corrected chi connectivity index (χ1v) is 13.5. The van der Waals surface area contributed by atoms with Crippen molar-refractivity contribution in [2.75, 3.05) is 5.75 Å². The quantitative estimate of drug-likeness (QED) is 0.400. The summed E-state index contributed by atoms with van der Waals surface area (Å²) in [5.41, 5.74) is 1.95. The number of rotatable bonds is 10. The Morgan fingerprint density at radius 3 is 2.42 bits per heavy atom. The van der Waals surface area contributed by atoms with E-state index in [2.05, 4.69) is 5.32 Å². The van der Waals surface area contributed by atoms with E-state index in [1.54, 1.807) is 4.90 Å². The highest BCUT2D eigenvalue weighted by Gasteiger charge is 2.30. The zero-order valence-corrected chi connectivity index (χ0v) is 21.4. The first-order chi connectivity index (χ1) is 16.0. The van der Waals surface area contributed by atoms with Crippen molar-refractivity contribution in [3.8, 4) is 0 Å². The number of nitrogens with one attached hydrogen (secondary N) is 1. The van der Waals surface area contributed by atoms with Gasteiger partial charge in [-0.15, -0.1) is 11.8 Å². The lowest BCUT2D eigenvalue weighted by atomic mass is 9.95. The van der Waals surface area contributed by atoms with Gasteiger partial charge in [0, 0.05) is 28.4 Å². The van der Waals surface area contributed by atoms with E-state index >= 15 is 0 Å². The fourth-order valence-electron chi connectivity index (χ4n) is 4.19. The second kappa shape index (κ2) is 13.3. The van der Waals surface area contributed by atoms with E-state index in [1.807, 2.05) is 55.5 Å². The van der Waals surface area contributed by atoms with Crippen LogP contribution in [-0.4, -0.2) is 34.6 Å². The van der Waals surface area contributed by atoms with Gasteiger partial charge in [-0.25, -0.2) is 0 Å². The van der Waals surface area contributed by atoms with Crippen LogP contribution in [0.25, 0.3) is 0 Å². The summed E-state index contributed by atoms with van der Waals surface area (Å²) in [6, 6.07) is 14.8.